The highest BCUT2D eigenvalue weighted by Crippen LogP contribution is 2.59. The molecule has 23 heavy (non-hydrogen) atoms. The Kier molecular flexibility index (Phi) is 6.17. The maximum absolute atomic E-state index is 12.5. The van der Waals surface area contributed by atoms with E-state index < -0.39 is 18.5 Å². The zero-order chi connectivity index (χ0) is 17.8. The zero-order valence-corrected chi connectivity index (χ0v) is 15.1. The molecule has 0 saturated heterocycles. The van der Waals surface area contributed by atoms with Crippen molar-refractivity contribution in [2.75, 3.05) is 21.3 Å². The molecule has 7 heteroatoms. The van der Waals surface area contributed by atoms with Crippen LogP contribution in [-0.2, 0) is 18.4 Å². The lowest BCUT2D eigenvalue weighted by Gasteiger charge is -2.28. The molecule has 0 fully saturated rings. The third-order valence-corrected chi connectivity index (χ3v) is 6.25. The quantitative estimate of drug-likeness (QED) is 0.603. The zero-order valence-electron chi connectivity index (χ0n) is 14.2. The summed E-state index contributed by atoms with van der Waals surface area (Å²) in [6.07, 6.45) is 2.88. The summed E-state index contributed by atoms with van der Waals surface area (Å²) in [6, 6.07) is 3.31. The van der Waals surface area contributed by atoms with E-state index in [1.54, 1.807) is 25.1 Å². The van der Waals surface area contributed by atoms with Crippen LogP contribution in [0.2, 0.25) is 0 Å². The number of aryl methyl sites for hydroxylation is 1. The Morgan fingerprint density at radius 2 is 1.78 bits per heavy atom. The van der Waals surface area contributed by atoms with Crippen LogP contribution < -0.4 is 4.74 Å². The highest BCUT2D eigenvalue weighted by molar-refractivity contribution is 7.56. The molecule has 0 heterocycles. The van der Waals surface area contributed by atoms with Crippen LogP contribution in [0.25, 0.3) is 6.08 Å². The third-order valence-electron chi connectivity index (χ3n) is 3.70. The highest BCUT2D eigenvalue weighted by Gasteiger charge is 2.46. The number of hydrogen-bond donors (Lipinski definition) is 1. The van der Waals surface area contributed by atoms with Crippen molar-refractivity contribution in [2.45, 2.75) is 25.9 Å². The van der Waals surface area contributed by atoms with Gasteiger partial charge in [-0.3, -0.25) is 9.36 Å². The van der Waals surface area contributed by atoms with Gasteiger partial charge < -0.3 is 18.9 Å². The predicted octanol–water partition coefficient (Wildman–Crippen LogP) is 3.56. The summed E-state index contributed by atoms with van der Waals surface area (Å²) in [7, 11) is 0.383. The molecule has 6 nitrogen and oxygen atoms in total. The molecule has 0 aliphatic rings. The third kappa shape index (κ3) is 3.83. The molecule has 0 bridgehead atoms. The average Bonchev–Trinajstić information content (AvgIpc) is 2.54. The van der Waals surface area contributed by atoms with Gasteiger partial charge in [0.15, 0.2) is 17.3 Å². The van der Waals surface area contributed by atoms with E-state index in [1.807, 2.05) is 0 Å². The molecule has 0 spiro atoms. The Bertz CT molecular complexity index is 655. The van der Waals surface area contributed by atoms with E-state index in [4.69, 9.17) is 13.8 Å². The van der Waals surface area contributed by atoms with Crippen molar-refractivity contribution in [2.24, 2.45) is 0 Å². The van der Waals surface area contributed by atoms with E-state index in [-0.39, 0.29) is 5.75 Å². The molecule has 1 aromatic rings. The fraction of sp³-hybridized carbons (Fsp3) is 0.438. The predicted molar refractivity (Wildman–Crippen MR) is 89.1 cm³/mol. The molecule has 1 rings (SSSR count). The molecule has 0 atom stereocenters. The second-order valence-corrected chi connectivity index (χ2v) is 8.35. The van der Waals surface area contributed by atoms with Gasteiger partial charge in [-0.1, -0.05) is 6.08 Å². The van der Waals surface area contributed by atoms with Crippen LogP contribution in [-0.4, -0.2) is 37.4 Å². The van der Waals surface area contributed by atoms with E-state index in [0.29, 0.717) is 16.9 Å². The first-order valence-corrected chi connectivity index (χ1v) is 8.49. The molecular formula is C16H23O6P. The molecule has 1 aromatic carbocycles. The topological polar surface area (TPSA) is 82.1 Å². The Morgan fingerprint density at radius 3 is 2.26 bits per heavy atom. The second kappa shape index (κ2) is 7.30. The van der Waals surface area contributed by atoms with E-state index in [9.17, 15) is 14.5 Å². The molecule has 0 aromatic heterocycles. The number of ketones is 1. The number of carbonyl (C=O) groups excluding carboxylic acids is 1. The standard InChI is InChI=1S/C16H23O6P/c1-11-9-12(10-13(20-4)15(11)18)7-8-14(17)16(2,3)23(19,21-5)22-6/h7-10,18H,1-6H3/b8-7+. The van der Waals surface area contributed by atoms with Crippen LogP contribution in [0.5, 0.6) is 11.5 Å². The molecule has 128 valence electrons. The van der Waals surface area contributed by atoms with Crippen LogP contribution in [0.1, 0.15) is 25.0 Å². The van der Waals surface area contributed by atoms with Gasteiger partial charge >= 0.3 is 7.60 Å². The minimum atomic E-state index is -3.56. The van der Waals surface area contributed by atoms with Crippen LogP contribution in [0.15, 0.2) is 18.2 Å². The molecule has 0 aliphatic carbocycles. The molecule has 1 N–H and O–H groups in total. The number of ether oxygens (including phenoxy) is 1. The lowest BCUT2D eigenvalue weighted by molar-refractivity contribution is -0.116. The average molecular weight is 342 g/mol. The van der Waals surface area contributed by atoms with Crippen LogP contribution in [0, 0.1) is 6.92 Å². The van der Waals surface area contributed by atoms with Gasteiger partial charge in [0.05, 0.1) is 7.11 Å². The monoisotopic (exact) mass is 342 g/mol. The van der Waals surface area contributed by atoms with Crippen molar-refractivity contribution in [3.63, 3.8) is 0 Å². The number of phenolic OH excluding ortho intramolecular Hbond substituents is 1. The van der Waals surface area contributed by atoms with Gasteiger partial charge in [0.25, 0.3) is 0 Å². The summed E-state index contributed by atoms with van der Waals surface area (Å²) < 4.78 is 27.4. The Balaban J connectivity index is 3.12. The smallest absolute Gasteiger partial charge is 0.343 e. The molecular weight excluding hydrogens is 319 g/mol. The number of methoxy groups -OCH3 is 1. The Labute approximate surface area is 136 Å². The fourth-order valence-corrected chi connectivity index (χ4v) is 3.47. The van der Waals surface area contributed by atoms with Crippen molar-refractivity contribution >= 4 is 19.5 Å². The summed E-state index contributed by atoms with van der Waals surface area (Å²) in [4.78, 5) is 12.4. The summed E-state index contributed by atoms with van der Waals surface area (Å²) in [5.74, 6) is -0.0235. The maximum atomic E-state index is 12.5. The summed E-state index contributed by atoms with van der Waals surface area (Å²) in [6.45, 7) is 4.75. The number of rotatable bonds is 7. The van der Waals surface area contributed by atoms with Gasteiger partial charge in [0, 0.05) is 14.2 Å². The van der Waals surface area contributed by atoms with Crippen molar-refractivity contribution in [3.8, 4) is 11.5 Å². The Hall–Kier alpha value is -1.62. The van der Waals surface area contributed by atoms with Gasteiger partial charge in [-0.25, -0.2) is 0 Å². The van der Waals surface area contributed by atoms with Crippen LogP contribution >= 0.6 is 7.60 Å². The molecule has 0 radical (unpaired) electrons. The van der Waals surface area contributed by atoms with Crippen molar-refractivity contribution < 1.29 is 28.3 Å². The van der Waals surface area contributed by atoms with Gasteiger partial charge in [0.2, 0.25) is 0 Å². The van der Waals surface area contributed by atoms with E-state index in [2.05, 4.69) is 0 Å². The summed E-state index contributed by atoms with van der Waals surface area (Å²) in [5.41, 5.74) is 1.29. The number of phenols is 1. The lowest BCUT2D eigenvalue weighted by Crippen LogP contribution is -2.31. The largest absolute Gasteiger partial charge is 0.504 e. The number of hydrogen-bond acceptors (Lipinski definition) is 6. The van der Waals surface area contributed by atoms with E-state index in [0.717, 1.165) is 0 Å². The van der Waals surface area contributed by atoms with Crippen molar-refractivity contribution in [1.82, 2.24) is 0 Å². The first-order chi connectivity index (χ1) is 10.6. The van der Waals surface area contributed by atoms with Crippen molar-refractivity contribution in [1.29, 1.82) is 0 Å². The first-order valence-electron chi connectivity index (χ1n) is 6.94. The highest BCUT2D eigenvalue weighted by atomic mass is 31.2. The van der Waals surface area contributed by atoms with Gasteiger partial charge in [-0.05, 0) is 50.1 Å². The molecule has 0 amide bonds. The van der Waals surface area contributed by atoms with Gasteiger partial charge in [-0.2, -0.15) is 0 Å². The number of benzene rings is 1. The van der Waals surface area contributed by atoms with E-state index >= 15 is 0 Å². The fourth-order valence-electron chi connectivity index (χ4n) is 2.07. The van der Waals surface area contributed by atoms with Gasteiger partial charge in [0.1, 0.15) is 5.16 Å². The molecule has 0 saturated carbocycles. The Morgan fingerprint density at radius 1 is 1.22 bits per heavy atom. The SMILES string of the molecule is COc1cc(/C=C/C(=O)C(C)(C)P(=O)(OC)OC)cc(C)c1O. The maximum Gasteiger partial charge on any atom is 0.343 e. The van der Waals surface area contributed by atoms with Crippen LogP contribution in [0.3, 0.4) is 0 Å². The summed E-state index contributed by atoms with van der Waals surface area (Å²) >= 11 is 0. The van der Waals surface area contributed by atoms with Crippen LogP contribution in [0.4, 0.5) is 0 Å². The first kappa shape index (κ1) is 19.4. The lowest BCUT2D eigenvalue weighted by atomic mass is 10.0. The van der Waals surface area contributed by atoms with E-state index in [1.165, 1.54) is 41.3 Å². The molecule has 0 unspecified atom stereocenters. The normalized spacial score (nSPS) is 12.6. The summed E-state index contributed by atoms with van der Waals surface area (Å²) in [5, 5.41) is 8.50. The minimum absolute atomic E-state index is 0.0552. The number of allylic oxidation sites excluding steroid dienone is 1. The minimum Gasteiger partial charge on any atom is -0.504 e. The number of aromatic hydroxyl groups is 1. The molecule has 0 aliphatic heterocycles. The van der Waals surface area contributed by atoms with Crippen molar-refractivity contribution in [3.05, 3.63) is 29.3 Å². The second-order valence-electron chi connectivity index (χ2n) is 5.51. The van der Waals surface area contributed by atoms with Gasteiger partial charge in [-0.15, -0.1) is 0 Å². The number of carbonyl (C=O) groups is 1.